The van der Waals surface area contributed by atoms with Gasteiger partial charge in [0.05, 0.1) is 6.61 Å². The highest BCUT2D eigenvalue weighted by atomic mass is 19.4. The first-order chi connectivity index (χ1) is 13.9. The largest absolute Gasteiger partial charge is 0.490 e. The van der Waals surface area contributed by atoms with Gasteiger partial charge in [0.25, 0.3) is 5.91 Å². The summed E-state index contributed by atoms with van der Waals surface area (Å²) in [5, 5.41) is 11.9. The van der Waals surface area contributed by atoms with Gasteiger partial charge in [-0.15, -0.1) is 0 Å². The van der Waals surface area contributed by atoms with Gasteiger partial charge in [-0.25, -0.2) is 9.59 Å². The van der Waals surface area contributed by atoms with Crippen LogP contribution in [0.15, 0.2) is 24.3 Å². The fraction of sp³-hybridized carbons (Fsp3) is 0.500. The number of hydrogen-bond acceptors (Lipinski definition) is 6. The van der Waals surface area contributed by atoms with Crippen molar-refractivity contribution in [3.63, 3.8) is 0 Å². The SMILES string of the molecule is CCOC(=O)C(C#N)(Cc1ccc(C)cc1)NC(=O)C(OC(=O)C(F)(F)F)C(C)C. The van der Waals surface area contributed by atoms with Crippen LogP contribution < -0.4 is 5.32 Å². The van der Waals surface area contributed by atoms with E-state index in [4.69, 9.17) is 4.74 Å². The van der Waals surface area contributed by atoms with E-state index in [0.29, 0.717) is 5.56 Å². The Labute approximate surface area is 172 Å². The van der Waals surface area contributed by atoms with Crippen LogP contribution in [0, 0.1) is 24.2 Å². The number of nitrogens with zero attached hydrogens (tertiary/aromatic N) is 1. The van der Waals surface area contributed by atoms with Gasteiger partial charge in [0.2, 0.25) is 5.54 Å². The summed E-state index contributed by atoms with van der Waals surface area (Å²) < 4.78 is 46.9. The quantitative estimate of drug-likeness (QED) is 0.638. The molecule has 0 radical (unpaired) electrons. The number of alkyl halides is 3. The smallest absolute Gasteiger partial charge is 0.463 e. The molecule has 1 aromatic carbocycles. The maximum absolute atomic E-state index is 12.7. The number of ether oxygens (including phenoxy) is 2. The Hall–Kier alpha value is -3.09. The number of carbonyl (C=O) groups excluding carboxylic acids is 3. The van der Waals surface area contributed by atoms with Gasteiger partial charge in [0.1, 0.15) is 6.07 Å². The first-order valence-corrected chi connectivity index (χ1v) is 9.10. The maximum atomic E-state index is 12.7. The fourth-order valence-electron chi connectivity index (χ4n) is 2.50. The van der Waals surface area contributed by atoms with Gasteiger partial charge < -0.3 is 14.8 Å². The highest BCUT2D eigenvalue weighted by Gasteiger charge is 2.47. The molecule has 10 heteroatoms. The molecule has 164 valence electrons. The Morgan fingerprint density at radius 1 is 1.13 bits per heavy atom. The van der Waals surface area contributed by atoms with Gasteiger partial charge in [-0.1, -0.05) is 43.7 Å². The first-order valence-electron chi connectivity index (χ1n) is 9.10. The fourth-order valence-corrected chi connectivity index (χ4v) is 2.50. The lowest BCUT2D eigenvalue weighted by Crippen LogP contribution is -2.59. The molecule has 1 aromatic rings. The average molecular weight is 428 g/mol. The number of halogens is 3. The number of nitrogens with one attached hydrogen (secondary N) is 1. The van der Waals surface area contributed by atoms with E-state index in [1.165, 1.54) is 20.8 Å². The molecule has 7 nitrogen and oxygen atoms in total. The van der Waals surface area contributed by atoms with Crippen molar-refractivity contribution in [1.29, 1.82) is 5.26 Å². The minimum Gasteiger partial charge on any atom is -0.463 e. The molecule has 0 aliphatic heterocycles. The van der Waals surface area contributed by atoms with E-state index in [1.807, 2.05) is 6.92 Å². The minimum absolute atomic E-state index is 0.0945. The molecule has 0 saturated heterocycles. The predicted molar refractivity (Wildman–Crippen MR) is 98.8 cm³/mol. The third kappa shape index (κ3) is 6.47. The zero-order valence-corrected chi connectivity index (χ0v) is 17.0. The summed E-state index contributed by atoms with van der Waals surface area (Å²) in [5.74, 6) is -5.71. The topological polar surface area (TPSA) is 105 Å². The summed E-state index contributed by atoms with van der Waals surface area (Å²) in [6, 6.07) is 8.43. The Bertz CT molecular complexity index is 815. The summed E-state index contributed by atoms with van der Waals surface area (Å²) >= 11 is 0. The molecule has 0 heterocycles. The number of amides is 1. The standard InChI is InChI=1S/C20H23F3N2O5/c1-5-29-17(27)19(11-24,10-14-8-6-13(4)7-9-14)25-16(26)15(12(2)3)30-18(28)20(21,22)23/h6-9,12,15H,5,10H2,1-4H3,(H,25,26). The van der Waals surface area contributed by atoms with E-state index in [2.05, 4.69) is 10.1 Å². The lowest BCUT2D eigenvalue weighted by atomic mass is 9.90. The van der Waals surface area contributed by atoms with E-state index in [-0.39, 0.29) is 13.0 Å². The summed E-state index contributed by atoms with van der Waals surface area (Å²) in [5.41, 5.74) is -0.801. The molecular formula is C20H23F3N2O5. The molecule has 1 N–H and O–H groups in total. The number of benzene rings is 1. The van der Waals surface area contributed by atoms with Gasteiger partial charge >= 0.3 is 18.1 Å². The first kappa shape index (κ1) is 24.9. The van der Waals surface area contributed by atoms with Gasteiger partial charge in [-0.05, 0) is 25.3 Å². The molecule has 1 rings (SSSR count). The number of carbonyl (C=O) groups is 3. The van der Waals surface area contributed by atoms with Gasteiger partial charge in [-0.2, -0.15) is 18.4 Å². The van der Waals surface area contributed by atoms with Gasteiger partial charge in [0, 0.05) is 6.42 Å². The van der Waals surface area contributed by atoms with E-state index < -0.39 is 41.6 Å². The van der Waals surface area contributed by atoms with Crippen LogP contribution in [0.2, 0.25) is 0 Å². The van der Waals surface area contributed by atoms with Crippen molar-refractivity contribution in [2.24, 2.45) is 5.92 Å². The van der Waals surface area contributed by atoms with Crippen LogP contribution in [0.3, 0.4) is 0 Å². The monoisotopic (exact) mass is 428 g/mol. The van der Waals surface area contributed by atoms with Crippen molar-refractivity contribution >= 4 is 17.8 Å². The zero-order valence-electron chi connectivity index (χ0n) is 17.0. The summed E-state index contributed by atoms with van der Waals surface area (Å²) in [4.78, 5) is 36.4. The van der Waals surface area contributed by atoms with E-state index in [1.54, 1.807) is 30.3 Å². The predicted octanol–water partition coefficient (Wildman–Crippen LogP) is 2.61. The van der Waals surface area contributed by atoms with Crippen LogP contribution in [-0.4, -0.2) is 42.3 Å². The van der Waals surface area contributed by atoms with Crippen molar-refractivity contribution in [3.8, 4) is 6.07 Å². The van der Waals surface area contributed by atoms with Crippen LogP contribution >= 0.6 is 0 Å². The molecular weight excluding hydrogens is 405 g/mol. The molecule has 0 aromatic heterocycles. The summed E-state index contributed by atoms with van der Waals surface area (Å²) in [6.45, 7) is 5.94. The Morgan fingerprint density at radius 3 is 2.13 bits per heavy atom. The van der Waals surface area contributed by atoms with Crippen LogP contribution in [-0.2, 0) is 30.3 Å². The second kappa shape index (κ2) is 10.1. The highest BCUT2D eigenvalue weighted by molar-refractivity contribution is 5.93. The summed E-state index contributed by atoms with van der Waals surface area (Å²) in [7, 11) is 0. The number of rotatable bonds is 8. The average Bonchev–Trinajstić information content (AvgIpc) is 2.65. The van der Waals surface area contributed by atoms with Crippen molar-refractivity contribution in [1.82, 2.24) is 5.32 Å². The molecule has 0 aliphatic rings. The Balaban J connectivity index is 3.24. The second-order valence-electron chi connectivity index (χ2n) is 6.96. The van der Waals surface area contributed by atoms with Crippen molar-refractivity contribution in [2.45, 2.75) is 51.9 Å². The van der Waals surface area contributed by atoms with Crippen LogP contribution in [0.25, 0.3) is 0 Å². The number of nitriles is 1. The summed E-state index contributed by atoms with van der Waals surface area (Å²) in [6.07, 6.45) is -7.48. The molecule has 2 atom stereocenters. The lowest BCUT2D eigenvalue weighted by molar-refractivity contribution is -0.207. The van der Waals surface area contributed by atoms with E-state index in [0.717, 1.165) is 5.56 Å². The zero-order chi connectivity index (χ0) is 23.1. The number of esters is 2. The van der Waals surface area contributed by atoms with Crippen molar-refractivity contribution in [2.75, 3.05) is 6.61 Å². The van der Waals surface area contributed by atoms with Crippen LogP contribution in [0.1, 0.15) is 31.9 Å². The molecule has 0 fully saturated rings. The maximum Gasteiger partial charge on any atom is 0.490 e. The molecule has 0 saturated carbocycles. The molecule has 2 unspecified atom stereocenters. The number of hydrogen-bond donors (Lipinski definition) is 1. The third-order valence-corrected chi connectivity index (χ3v) is 4.07. The molecule has 0 aliphatic carbocycles. The number of aryl methyl sites for hydroxylation is 1. The third-order valence-electron chi connectivity index (χ3n) is 4.07. The molecule has 30 heavy (non-hydrogen) atoms. The normalized spacial score (nSPS) is 14.2. The van der Waals surface area contributed by atoms with E-state index in [9.17, 15) is 32.8 Å². The lowest BCUT2D eigenvalue weighted by Gasteiger charge is -2.29. The van der Waals surface area contributed by atoms with Crippen LogP contribution in [0.4, 0.5) is 13.2 Å². The van der Waals surface area contributed by atoms with Crippen LogP contribution in [0.5, 0.6) is 0 Å². The van der Waals surface area contributed by atoms with Gasteiger partial charge in [0.15, 0.2) is 6.10 Å². The second-order valence-corrected chi connectivity index (χ2v) is 6.96. The minimum atomic E-state index is -5.30. The van der Waals surface area contributed by atoms with Crippen molar-refractivity contribution in [3.05, 3.63) is 35.4 Å². The van der Waals surface area contributed by atoms with Gasteiger partial charge in [-0.3, -0.25) is 4.79 Å². The Kier molecular flexibility index (Phi) is 8.39. The molecule has 0 spiro atoms. The van der Waals surface area contributed by atoms with Crippen molar-refractivity contribution < 1.29 is 37.0 Å². The highest BCUT2D eigenvalue weighted by Crippen LogP contribution is 2.22. The Morgan fingerprint density at radius 2 is 1.70 bits per heavy atom. The molecule has 1 amide bonds. The molecule has 0 bridgehead atoms. The van der Waals surface area contributed by atoms with E-state index >= 15 is 0 Å².